The Morgan fingerprint density at radius 3 is 0.929 bits per heavy atom. The predicted octanol–water partition coefficient (Wildman–Crippen LogP) is 20.8. The molecule has 0 saturated heterocycles. The number of aliphatic hydroxyl groups excluding tert-OH is 1. The first-order valence-corrected chi connectivity index (χ1v) is 30.5. The van der Waals surface area contributed by atoms with Gasteiger partial charge in [0.2, 0.25) is 0 Å². The van der Waals surface area contributed by atoms with Gasteiger partial charge >= 0.3 is 11.9 Å². The summed E-state index contributed by atoms with van der Waals surface area (Å²) in [5, 5.41) is 9.65. The van der Waals surface area contributed by atoms with E-state index in [1.807, 2.05) is 0 Å². The summed E-state index contributed by atoms with van der Waals surface area (Å²) in [5.41, 5.74) is 0. The zero-order chi connectivity index (χ0) is 50.6. The largest absolute Gasteiger partial charge is 0.462 e. The Labute approximate surface area is 435 Å². The molecule has 0 aliphatic rings. The first-order chi connectivity index (χ1) is 34.6. The van der Waals surface area contributed by atoms with Crippen LogP contribution in [0.4, 0.5) is 0 Å². The molecule has 406 valence electrons. The lowest BCUT2D eigenvalue weighted by molar-refractivity contribution is -0.161. The van der Waals surface area contributed by atoms with E-state index >= 15 is 0 Å². The van der Waals surface area contributed by atoms with Crippen LogP contribution in [-0.4, -0.2) is 36.4 Å². The van der Waals surface area contributed by atoms with Gasteiger partial charge in [-0.25, -0.2) is 0 Å². The highest BCUT2D eigenvalue weighted by molar-refractivity contribution is 5.70. The van der Waals surface area contributed by atoms with Gasteiger partial charge in [-0.05, 0) is 64.2 Å². The fraction of sp³-hybridized carbons (Fsp3) is 0.785. The van der Waals surface area contributed by atoms with Gasteiger partial charge in [0, 0.05) is 12.8 Å². The Kier molecular flexibility index (Phi) is 58.3. The molecule has 5 heteroatoms. The third kappa shape index (κ3) is 57.9. The van der Waals surface area contributed by atoms with Crippen LogP contribution in [0.3, 0.4) is 0 Å². The molecular formula is C65H116O5. The monoisotopic (exact) mass is 977 g/mol. The molecule has 0 radical (unpaired) electrons. The molecular weight excluding hydrogens is 861 g/mol. The second kappa shape index (κ2) is 60.6. The van der Waals surface area contributed by atoms with Crippen LogP contribution in [0.2, 0.25) is 0 Å². The molecule has 0 amide bonds. The number of hydrogen-bond donors (Lipinski definition) is 1. The van der Waals surface area contributed by atoms with Crippen molar-refractivity contribution in [3.05, 3.63) is 72.9 Å². The Hall–Kier alpha value is -2.66. The van der Waals surface area contributed by atoms with Crippen molar-refractivity contribution in [1.82, 2.24) is 0 Å². The molecule has 1 N–H and O–H groups in total. The van der Waals surface area contributed by atoms with E-state index in [0.29, 0.717) is 12.8 Å². The highest BCUT2D eigenvalue weighted by atomic mass is 16.6. The van der Waals surface area contributed by atoms with E-state index in [1.54, 1.807) is 0 Å². The van der Waals surface area contributed by atoms with Crippen molar-refractivity contribution in [2.24, 2.45) is 0 Å². The second-order valence-electron chi connectivity index (χ2n) is 20.4. The van der Waals surface area contributed by atoms with Gasteiger partial charge in [-0.2, -0.15) is 0 Å². The molecule has 0 spiro atoms. The van der Waals surface area contributed by atoms with Crippen LogP contribution in [-0.2, 0) is 19.1 Å². The summed E-state index contributed by atoms with van der Waals surface area (Å²) < 4.78 is 10.7. The van der Waals surface area contributed by atoms with Gasteiger partial charge in [0.15, 0.2) is 6.10 Å². The molecule has 5 nitrogen and oxygen atoms in total. The standard InChI is InChI=1S/C65H116O5/c1-3-5-7-9-11-13-15-17-19-21-22-23-24-25-26-27-28-29-30-31-32-33-34-35-36-37-38-39-40-41-42-44-46-48-50-52-54-56-58-60-65(68)70-63(61-66)62-69-64(67)59-57-55-53-51-49-47-45-43-20-18-16-14-12-10-8-6-4-2/h5,7,11,13,17,19,22-23,25-26,28-29,63,66H,3-4,6,8-10,12,14-16,18,20-21,24,27,30-62H2,1-2H3/b7-5-,13-11-,19-17-,23-22-,26-25-,29-28-. The van der Waals surface area contributed by atoms with Gasteiger partial charge in [-0.1, -0.05) is 305 Å². The molecule has 0 rings (SSSR count). The minimum Gasteiger partial charge on any atom is -0.462 e. The number of aliphatic hydroxyl groups is 1. The van der Waals surface area contributed by atoms with Gasteiger partial charge in [0.05, 0.1) is 6.61 Å². The number of carbonyl (C=O) groups is 2. The zero-order valence-electron chi connectivity index (χ0n) is 46.5. The highest BCUT2D eigenvalue weighted by Gasteiger charge is 2.16. The van der Waals surface area contributed by atoms with Crippen molar-refractivity contribution in [1.29, 1.82) is 0 Å². The number of unbranched alkanes of at least 4 members (excludes halogenated alkanes) is 36. The van der Waals surface area contributed by atoms with Crippen molar-refractivity contribution in [2.75, 3.05) is 13.2 Å². The van der Waals surface area contributed by atoms with Crippen LogP contribution in [0.25, 0.3) is 0 Å². The molecule has 0 aliphatic carbocycles. The van der Waals surface area contributed by atoms with Crippen molar-refractivity contribution in [3.8, 4) is 0 Å². The lowest BCUT2D eigenvalue weighted by Gasteiger charge is -2.15. The molecule has 0 bridgehead atoms. The summed E-state index contributed by atoms with van der Waals surface area (Å²) in [6.45, 7) is 4.06. The second-order valence-corrected chi connectivity index (χ2v) is 20.4. The summed E-state index contributed by atoms with van der Waals surface area (Å²) in [6, 6.07) is 0. The fourth-order valence-electron chi connectivity index (χ4n) is 8.97. The van der Waals surface area contributed by atoms with Gasteiger partial charge in [-0.3, -0.25) is 9.59 Å². The topological polar surface area (TPSA) is 72.8 Å². The zero-order valence-corrected chi connectivity index (χ0v) is 46.5. The molecule has 0 aromatic rings. The summed E-state index contributed by atoms with van der Waals surface area (Å²) in [4.78, 5) is 24.5. The van der Waals surface area contributed by atoms with Crippen LogP contribution in [0, 0.1) is 0 Å². The van der Waals surface area contributed by atoms with Crippen molar-refractivity contribution >= 4 is 11.9 Å². The quantitative estimate of drug-likeness (QED) is 0.0373. The molecule has 0 heterocycles. The van der Waals surface area contributed by atoms with Gasteiger partial charge < -0.3 is 14.6 Å². The average molecular weight is 978 g/mol. The van der Waals surface area contributed by atoms with Crippen molar-refractivity contribution < 1.29 is 24.2 Å². The Balaban J connectivity index is 3.42. The summed E-state index contributed by atoms with van der Waals surface area (Å²) in [7, 11) is 0. The van der Waals surface area contributed by atoms with Gasteiger partial charge in [0.25, 0.3) is 0 Å². The average Bonchev–Trinajstić information content (AvgIpc) is 3.36. The Morgan fingerprint density at radius 2 is 0.614 bits per heavy atom. The molecule has 1 unspecified atom stereocenters. The van der Waals surface area contributed by atoms with Crippen LogP contribution in [0.15, 0.2) is 72.9 Å². The van der Waals surface area contributed by atoms with Crippen LogP contribution in [0.1, 0.15) is 309 Å². The summed E-state index contributed by atoms with van der Waals surface area (Å²) in [6.07, 6.45) is 83.3. The van der Waals surface area contributed by atoms with E-state index < -0.39 is 6.10 Å². The molecule has 70 heavy (non-hydrogen) atoms. The van der Waals surface area contributed by atoms with Crippen LogP contribution >= 0.6 is 0 Å². The molecule has 0 aliphatic heterocycles. The third-order valence-corrected chi connectivity index (χ3v) is 13.5. The van der Waals surface area contributed by atoms with E-state index in [9.17, 15) is 14.7 Å². The minimum atomic E-state index is -0.770. The van der Waals surface area contributed by atoms with Crippen molar-refractivity contribution in [2.45, 2.75) is 315 Å². The Morgan fingerprint density at radius 1 is 0.343 bits per heavy atom. The number of hydrogen-bond acceptors (Lipinski definition) is 5. The van der Waals surface area contributed by atoms with Gasteiger partial charge in [-0.15, -0.1) is 0 Å². The Bertz CT molecular complexity index is 1240. The highest BCUT2D eigenvalue weighted by Crippen LogP contribution is 2.17. The molecule has 0 aromatic heterocycles. The lowest BCUT2D eigenvalue weighted by Crippen LogP contribution is -2.28. The number of allylic oxidation sites excluding steroid dienone is 12. The first kappa shape index (κ1) is 67.3. The number of rotatable bonds is 56. The van der Waals surface area contributed by atoms with Crippen LogP contribution in [0.5, 0.6) is 0 Å². The first-order valence-electron chi connectivity index (χ1n) is 30.5. The van der Waals surface area contributed by atoms with Crippen molar-refractivity contribution in [3.63, 3.8) is 0 Å². The molecule has 0 saturated carbocycles. The predicted molar refractivity (Wildman–Crippen MR) is 306 cm³/mol. The normalized spacial score (nSPS) is 12.7. The molecule has 0 fully saturated rings. The molecule has 0 aromatic carbocycles. The van der Waals surface area contributed by atoms with E-state index in [-0.39, 0.29) is 25.2 Å². The summed E-state index contributed by atoms with van der Waals surface area (Å²) in [5.74, 6) is -0.574. The fourth-order valence-corrected chi connectivity index (χ4v) is 8.97. The number of esters is 2. The maximum atomic E-state index is 12.3. The van der Waals surface area contributed by atoms with E-state index in [4.69, 9.17) is 9.47 Å². The lowest BCUT2D eigenvalue weighted by atomic mass is 10.0. The number of carbonyl (C=O) groups excluding carboxylic acids is 2. The minimum absolute atomic E-state index is 0.0610. The molecule has 1 atom stereocenters. The maximum Gasteiger partial charge on any atom is 0.306 e. The van der Waals surface area contributed by atoms with E-state index in [0.717, 1.165) is 77.0 Å². The smallest absolute Gasteiger partial charge is 0.306 e. The van der Waals surface area contributed by atoms with E-state index in [1.165, 1.54) is 205 Å². The van der Waals surface area contributed by atoms with Crippen LogP contribution < -0.4 is 0 Å². The summed E-state index contributed by atoms with van der Waals surface area (Å²) >= 11 is 0. The van der Waals surface area contributed by atoms with E-state index in [2.05, 4.69) is 86.8 Å². The third-order valence-electron chi connectivity index (χ3n) is 13.5. The SMILES string of the molecule is CC/C=C\C/C=C\C/C=C\C/C=C\C/C=C\C/C=C\CCCCCCCCCCCCCCCCCCCCCCC(=O)OC(CO)COC(=O)CCCCCCCCCCCCCCCCCCC. The maximum absolute atomic E-state index is 12.3. The van der Waals surface area contributed by atoms with Gasteiger partial charge in [0.1, 0.15) is 6.61 Å². The number of ether oxygens (including phenoxy) is 2.